The molecular formula is C20H17N5O2. The number of aromatic nitrogens is 4. The van der Waals surface area contributed by atoms with Crippen molar-refractivity contribution >= 4 is 27.8 Å². The minimum atomic E-state index is -0.0441. The Labute approximate surface area is 155 Å². The molecule has 0 spiro atoms. The van der Waals surface area contributed by atoms with Crippen molar-refractivity contribution < 1.29 is 9.53 Å². The number of ether oxygens (including phenoxy) is 1. The van der Waals surface area contributed by atoms with E-state index in [1.54, 1.807) is 24.4 Å². The van der Waals surface area contributed by atoms with Crippen LogP contribution in [0, 0.1) is 0 Å². The Kier molecular flexibility index (Phi) is 3.71. The lowest BCUT2D eigenvalue weighted by molar-refractivity contribution is 0.0773. The number of fused-ring (bicyclic) bond motifs is 2. The van der Waals surface area contributed by atoms with Gasteiger partial charge in [0.1, 0.15) is 28.4 Å². The lowest BCUT2D eigenvalue weighted by atomic mass is 10.2. The van der Waals surface area contributed by atoms with Crippen LogP contribution >= 0.6 is 0 Å². The molecule has 2 aromatic carbocycles. The molecule has 0 aliphatic carbocycles. The van der Waals surface area contributed by atoms with Gasteiger partial charge in [-0.3, -0.25) is 9.78 Å². The highest BCUT2D eigenvalue weighted by Gasteiger charge is 2.29. The molecule has 1 saturated heterocycles. The Balaban J connectivity index is 1.32. The molecule has 134 valence electrons. The second-order valence-corrected chi connectivity index (χ2v) is 6.64. The Morgan fingerprint density at radius 1 is 1.11 bits per heavy atom. The number of nitrogens with zero attached hydrogens (tertiary/aromatic N) is 4. The van der Waals surface area contributed by atoms with E-state index >= 15 is 0 Å². The van der Waals surface area contributed by atoms with Gasteiger partial charge in [-0.05, 0) is 30.3 Å². The van der Waals surface area contributed by atoms with E-state index in [4.69, 9.17) is 4.74 Å². The Bertz CT molecular complexity index is 1130. The SMILES string of the molecule is O=C(c1ccc2n[nH]nc2c1)N1CCC(Oc2cccc3cccnc23)C1. The van der Waals surface area contributed by atoms with Crippen LogP contribution in [0.15, 0.2) is 54.7 Å². The predicted molar refractivity (Wildman–Crippen MR) is 101 cm³/mol. The summed E-state index contributed by atoms with van der Waals surface area (Å²) in [6, 6.07) is 15.2. The summed E-state index contributed by atoms with van der Waals surface area (Å²) in [5.74, 6) is 0.749. The van der Waals surface area contributed by atoms with Crippen LogP contribution in [0.4, 0.5) is 0 Å². The molecule has 1 N–H and O–H groups in total. The maximum atomic E-state index is 12.8. The summed E-state index contributed by atoms with van der Waals surface area (Å²) in [7, 11) is 0. The highest BCUT2D eigenvalue weighted by Crippen LogP contribution is 2.26. The number of H-pyrrole nitrogens is 1. The van der Waals surface area contributed by atoms with Crippen molar-refractivity contribution in [1.29, 1.82) is 0 Å². The van der Waals surface area contributed by atoms with Crippen LogP contribution in [0.3, 0.4) is 0 Å². The molecule has 7 heteroatoms. The van der Waals surface area contributed by atoms with Gasteiger partial charge in [-0.15, -0.1) is 0 Å². The lowest BCUT2D eigenvalue weighted by Gasteiger charge is -2.18. The van der Waals surface area contributed by atoms with Gasteiger partial charge in [0.05, 0.1) is 6.54 Å². The van der Waals surface area contributed by atoms with Gasteiger partial charge in [0.15, 0.2) is 0 Å². The molecule has 5 rings (SSSR count). The quantitative estimate of drug-likeness (QED) is 0.608. The molecular weight excluding hydrogens is 342 g/mol. The molecule has 1 fully saturated rings. The Hall–Kier alpha value is -3.48. The van der Waals surface area contributed by atoms with E-state index in [1.807, 2.05) is 35.2 Å². The minimum Gasteiger partial charge on any atom is -0.486 e. The van der Waals surface area contributed by atoms with Gasteiger partial charge < -0.3 is 9.64 Å². The van der Waals surface area contributed by atoms with E-state index in [0.717, 1.165) is 28.6 Å². The van der Waals surface area contributed by atoms with E-state index in [2.05, 4.69) is 20.4 Å². The van der Waals surface area contributed by atoms with Crippen molar-refractivity contribution in [2.24, 2.45) is 0 Å². The van der Waals surface area contributed by atoms with Gasteiger partial charge in [0.25, 0.3) is 5.91 Å². The molecule has 27 heavy (non-hydrogen) atoms. The summed E-state index contributed by atoms with van der Waals surface area (Å²) in [6.45, 7) is 1.22. The summed E-state index contributed by atoms with van der Waals surface area (Å²) in [4.78, 5) is 19.1. The van der Waals surface area contributed by atoms with Crippen molar-refractivity contribution in [1.82, 2.24) is 25.3 Å². The number of aromatic amines is 1. The summed E-state index contributed by atoms with van der Waals surface area (Å²) >= 11 is 0. The first kappa shape index (κ1) is 15.7. The third kappa shape index (κ3) is 2.87. The van der Waals surface area contributed by atoms with Crippen LogP contribution in [0.5, 0.6) is 5.75 Å². The number of rotatable bonds is 3. The Morgan fingerprint density at radius 3 is 2.96 bits per heavy atom. The van der Waals surface area contributed by atoms with Gasteiger partial charge in [-0.25, -0.2) is 0 Å². The summed E-state index contributed by atoms with van der Waals surface area (Å²) in [6.07, 6.45) is 2.51. The van der Waals surface area contributed by atoms with E-state index in [-0.39, 0.29) is 12.0 Å². The number of amides is 1. The fraction of sp³-hybridized carbons (Fsp3) is 0.200. The zero-order valence-electron chi connectivity index (χ0n) is 14.5. The first-order valence-electron chi connectivity index (χ1n) is 8.88. The maximum Gasteiger partial charge on any atom is 0.254 e. The van der Waals surface area contributed by atoms with Crippen LogP contribution in [0.2, 0.25) is 0 Å². The van der Waals surface area contributed by atoms with E-state index < -0.39 is 0 Å². The zero-order chi connectivity index (χ0) is 18.2. The zero-order valence-corrected chi connectivity index (χ0v) is 14.5. The van der Waals surface area contributed by atoms with Gasteiger partial charge >= 0.3 is 0 Å². The fourth-order valence-electron chi connectivity index (χ4n) is 3.52. The normalized spacial score (nSPS) is 16.9. The highest BCUT2D eigenvalue weighted by molar-refractivity contribution is 5.97. The number of hydrogen-bond donors (Lipinski definition) is 1. The lowest BCUT2D eigenvalue weighted by Crippen LogP contribution is -2.30. The standard InChI is InChI=1S/C20H17N5O2/c26-20(14-6-7-16-17(11-14)23-24-22-16)25-10-8-15(12-25)27-18-5-1-3-13-4-2-9-21-19(13)18/h1-7,9,11,15H,8,10,12H2,(H,22,23,24). The van der Waals surface area contributed by atoms with Gasteiger partial charge in [-0.2, -0.15) is 15.4 Å². The van der Waals surface area contributed by atoms with Crippen LogP contribution < -0.4 is 4.74 Å². The molecule has 4 aromatic rings. The van der Waals surface area contributed by atoms with Gasteiger partial charge in [-0.1, -0.05) is 18.2 Å². The average molecular weight is 359 g/mol. The molecule has 1 atom stereocenters. The average Bonchev–Trinajstić information content (AvgIpc) is 3.36. The van der Waals surface area contributed by atoms with Crippen molar-refractivity contribution in [3.05, 3.63) is 60.3 Å². The minimum absolute atomic E-state index is 0.0120. The maximum absolute atomic E-state index is 12.8. The highest BCUT2D eigenvalue weighted by atomic mass is 16.5. The van der Waals surface area contributed by atoms with Gasteiger partial charge in [0.2, 0.25) is 0 Å². The number of para-hydroxylation sites is 1. The summed E-state index contributed by atoms with van der Waals surface area (Å²) in [5, 5.41) is 11.7. The number of nitrogens with one attached hydrogen (secondary N) is 1. The van der Waals surface area contributed by atoms with Crippen LogP contribution in [0.1, 0.15) is 16.8 Å². The number of hydrogen-bond acceptors (Lipinski definition) is 5. The van der Waals surface area contributed by atoms with Crippen molar-refractivity contribution in [2.75, 3.05) is 13.1 Å². The molecule has 1 amide bonds. The molecule has 1 aliphatic heterocycles. The fourth-order valence-corrected chi connectivity index (χ4v) is 3.52. The van der Waals surface area contributed by atoms with Crippen molar-refractivity contribution in [2.45, 2.75) is 12.5 Å². The molecule has 1 unspecified atom stereocenters. The number of pyridine rings is 1. The molecule has 1 aliphatic rings. The molecule has 2 aromatic heterocycles. The largest absolute Gasteiger partial charge is 0.486 e. The second-order valence-electron chi connectivity index (χ2n) is 6.64. The molecule has 0 bridgehead atoms. The second kappa shape index (κ2) is 6.35. The number of benzene rings is 2. The van der Waals surface area contributed by atoms with Crippen molar-refractivity contribution in [3.63, 3.8) is 0 Å². The van der Waals surface area contributed by atoms with E-state index in [9.17, 15) is 4.79 Å². The first-order valence-corrected chi connectivity index (χ1v) is 8.88. The summed E-state index contributed by atoms with van der Waals surface area (Å²) < 4.78 is 6.18. The Morgan fingerprint density at radius 2 is 2.00 bits per heavy atom. The smallest absolute Gasteiger partial charge is 0.254 e. The van der Waals surface area contributed by atoms with E-state index in [1.165, 1.54) is 0 Å². The van der Waals surface area contributed by atoms with E-state index in [0.29, 0.717) is 24.2 Å². The third-order valence-corrected chi connectivity index (χ3v) is 4.88. The monoisotopic (exact) mass is 359 g/mol. The topological polar surface area (TPSA) is 84.0 Å². The molecule has 0 radical (unpaired) electrons. The molecule has 7 nitrogen and oxygen atoms in total. The number of likely N-dealkylation sites (tertiary alicyclic amines) is 1. The number of carbonyl (C=O) groups is 1. The van der Waals surface area contributed by atoms with Gasteiger partial charge in [0, 0.05) is 30.1 Å². The summed E-state index contributed by atoms with van der Waals surface area (Å²) in [5.41, 5.74) is 2.90. The first-order chi connectivity index (χ1) is 13.3. The molecule has 3 heterocycles. The van der Waals surface area contributed by atoms with Crippen LogP contribution in [0.25, 0.3) is 21.9 Å². The third-order valence-electron chi connectivity index (χ3n) is 4.88. The van der Waals surface area contributed by atoms with Crippen LogP contribution in [-0.2, 0) is 0 Å². The molecule has 0 saturated carbocycles. The predicted octanol–water partition coefficient (Wildman–Crippen LogP) is 2.80. The van der Waals surface area contributed by atoms with Crippen LogP contribution in [-0.4, -0.2) is 50.4 Å². The number of carbonyl (C=O) groups excluding carboxylic acids is 1. The van der Waals surface area contributed by atoms with Crippen molar-refractivity contribution in [3.8, 4) is 5.75 Å².